The summed E-state index contributed by atoms with van der Waals surface area (Å²) in [6, 6.07) is 6.21. The van der Waals surface area contributed by atoms with Gasteiger partial charge in [-0.3, -0.25) is 9.59 Å². The normalized spacial score (nSPS) is 15.3. The predicted octanol–water partition coefficient (Wildman–Crippen LogP) is 5.13. The van der Waals surface area contributed by atoms with Crippen molar-refractivity contribution >= 4 is 29.3 Å². The van der Waals surface area contributed by atoms with Crippen molar-refractivity contribution < 1.29 is 19.1 Å². The average Bonchev–Trinajstić information content (AvgIpc) is 3.01. The van der Waals surface area contributed by atoms with Gasteiger partial charge in [-0.2, -0.15) is 0 Å². The molecule has 172 valence electrons. The van der Waals surface area contributed by atoms with E-state index in [0.29, 0.717) is 33.1 Å². The first-order valence-corrected chi connectivity index (χ1v) is 11.4. The number of methoxy groups -OCH3 is 1. The molecule has 1 aromatic heterocycles. The van der Waals surface area contributed by atoms with Crippen LogP contribution in [0, 0.1) is 13.8 Å². The minimum atomic E-state index is -0.702. The molecule has 1 heterocycles. The summed E-state index contributed by atoms with van der Waals surface area (Å²) in [7, 11) is 3.06. The molecule has 1 aromatic carbocycles. The Bertz CT molecular complexity index is 1040. The number of benzene rings is 1. The lowest BCUT2D eigenvalue weighted by Gasteiger charge is -2.38. The molecular weight excluding hydrogens is 428 g/mol. The molecule has 1 aliphatic rings. The molecule has 7 heteroatoms. The summed E-state index contributed by atoms with van der Waals surface area (Å²) in [5.41, 5.74) is 2.46. The molecule has 1 aliphatic carbocycles. The van der Waals surface area contributed by atoms with Gasteiger partial charge in [0.05, 0.1) is 23.7 Å². The number of carbonyl (C=O) groups is 3. The SMILES string of the molecule is COC(=O)c1c(C)c(C(=O)[C@@H](C)N(C(=O)c2ccccc2Cl)C2CCCCC2)c(C)n1C. The lowest BCUT2D eigenvalue weighted by molar-refractivity contribution is 0.0486. The fraction of sp³-hybridized carbons (Fsp3) is 0.480. The van der Waals surface area contributed by atoms with Crippen molar-refractivity contribution in [3.63, 3.8) is 0 Å². The smallest absolute Gasteiger partial charge is 0.354 e. The van der Waals surface area contributed by atoms with Crippen LogP contribution in [0.1, 0.15) is 81.5 Å². The number of amides is 1. The van der Waals surface area contributed by atoms with Crippen LogP contribution in [-0.2, 0) is 11.8 Å². The van der Waals surface area contributed by atoms with Crippen LogP contribution in [0.15, 0.2) is 24.3 Å². The highest BCUT2D eigenvalue weighted by molar-refractivity contribution is 6.33. The van der Waals surface area contributed by atoms with Gasteiger partial charge >= 0.3 is 5.97 Å². The number of ether oxygens (including phenoxy) is 1. The molecule has 32 heavy (non-hydrogen) atoms. The summed E-state index contributed by atoms with van der Waals surface area (Å²) in [6.07, 6.45) is 4.88. The van der Waals surface area contributed by atoms with Gasteiger partial charge in [0.2, 0.25) is 0 Å². The van der Waals surface area contributed by atoms with Crippen LogP contribution in [0.25, 0.3) is 0 Å². The number of carbonyl (C=O) groups excluding carboxylic acids is 3. The minimum absolute atomic E-state index is 0.0316. The maximum absolute atomic E-state index is 13.8. The number of esters is 1. The Morgan fingerprint density at radius 2 is 1.75 bits per heavy atom. The first-order valence-electron chi connectivity index (χ1n) is 11.1. The summed E-state index contributed by atoms with van der Waals surface area (Å²) in [5.74, 6) is -0.907. The molecule has 0 bridgehead atoms. The molecule has 0 aliphatic heterocycles. The summed E-state index contributed by atoms with van der Waals surface area (Å²) < 4.78 is 6.59. The summed E-state index contributed by atoms with van der Waals surface area (Å²) in [4.78, 5) is 41.4. The highest BCUT2D eigenvalue weighted by Crippen LogP contribution is 2.30. The van der Waals surface area contributed by atoms with Crippen molar-refractivity contribution in [3.8, 4) is 0 Å². The second-order valence-electron chi connectivity index (χ2n) is 8.51. The van der Waals surface area contributed by atoms with Gasteiger partial charge in [-0.1, -0.05) is 43.0 Å². The number of halogens is 1. The second kappa shape index (κ2) is 9.90. The van der Waals surface area contributed by atoms with E-state index in [0.717, 1.165) is 32.1 Å². The Morgan fingerprint density at radius 3 is 2.34 bits per heavy atom. The summed E-state index contributed by atoms with van der Waals surface area (Å²) in [5, 5.41) is 0.373. The van der Waals surface area contributed by atoms with E-state index in [1.54, 1.807) is 61.6 Å². The molecule has 0 unspecified atom stereocenters. The van der Waals surface area contributed by atoms with Gasteiger partial charge in [0.25, 0.3) is 5.91 Å². The second-order valence-corrected chi connectivity index (χ2v) is 8.92. The number of ketones is 1. The van der Waals surface area contributed by atoms with Crippen molar-refractivity contribution in [1.29, 1.82) is 0 Å². The van der Waals surface area contributed by atoms with E-state index >= 15 is 0 Å². The predicted molar refractivity (Wildman–Crippen MR) is 125 cm³/mol. The number of nitrogens with zero attached hydrogens (tertiary/aromatic N) is 2. The molecule has 1 fully saturated rings. The molecule has 0 N–H and O–H groups in total. The van der Waals surface area contributed by atoms with Crippen molar-refractivity contribution in [1.82, 2.24) is 9.47 Å². The first kappa shape index (κ1) is 24.1. The molecule has 0 saturated heterocycles. The third-order valence-electron chi connectivity index (χ3n) is 6.66. The van der Waals surface area contributed by atoms with Crippen LogP contribution < -0.4 is 0 Å². The molecule has 6 nitrogen and oxygen atoms in total. The Balaban J connectivity index is 2.04. The zero-order valence-corrected chi connectivity index (χ0v) is 20.2. The Morgan fingerprint density at radius 1 is 1.12 bits per heavy atom. The Hall–Kier alpha value is -2.60. The Kier molecular flexibility index (Phi) is 7.44. The van der Waals surface area contributed by atoms with Gasteiger partial charge in [-0.05, 0) is 51.3 Å². The van der Waals surface area contributed by atoms with Crippen molar-refractivity contribution in [2.45, 2.75) is 65.0 Å². The number of hydrogen-bond donors (Lipinski definition) is 0. The van der Waals surface area contributed by atoms with E-state index in [1.807, 2.05) is 0 Å². The summed E-state index contributed by atoms with van der Waals surface area (Å²) in [6.45, 7) is 5.33. The number of Topliss-reactive ketones (excluding diaryl/α,β-unsaturated/α-hetero) is 1. The summed E-state index contributed by atoms with van der Waals surface area (Å²) >= 11 is 6.34. The van der Waals surface area contributed by atoms with Crippen LogP contribution in [0.3, 0.4) is 0 Å². The van der Waals surface area contributed by atoms with Crippen molar-refractivity contribution in [2.24, 2.45) is 7.05 Å². The largest absolute Gasteiger partial charge is 0.464 e. The maximum Gasteiger partial charge on any atom is 0.354 e. The molecule has 1 atom stereocenters. The Labute approximate surface area is 194 Å². The topological polar surface area (TPSA) is 68.6 Å². The zero-order valence-electron chi connectivity index (χ0n) is 19.4. The van der Waals surface area contributed by atoms with Gasteiger partial charge < -0.3 is 14.2 Å². The third kappa shape index (κ3) is 4.33. The quantitative estimate of drug-likeness (QED) is 0.444. The van der Waals surface area contributed by atoms with Crippen molar-refractivity contribution in [2.75, 3.05) is 7.11 Å². The van der Waals surface area contributed by atoms with E-state index in [4.69, 9.17) is 16.3 Å². The fourth-order valence-corrected chi connectivity index (χ4v) is 5.07. The molecule has 2 aromatic rings. The molecule has 3 rings (SSSR count). The lowest BCUT2D eigenvalue weighted by Crippen LogP contribution is -2.50. The molecular formula is C25H31ClN2O4. The fourth-order valence-electron chi connectivity index (χ4n) is 4.85. The van der Waals surface area contributed by atoms with E-state index in [9.17, 15) is 14.4 Å². The van der Waals surface area contributed by atoms with Gasteiger partial charge in [-0.25, -0.2) is 4.79 Å². The lowest BCUT2D eigenvalue weighted by atomic mass is 9.90. The highest BCUT2D eigenvalue weighted by Gasteiger charge is 2.37. The van der Waals surface area contributed by atoms with E-state index in [2.05, 4.69) is 0 Å². The van der Waals surface area contributed by atoms with Gasteiger partial charge in [0.1, 0.15) is 5.69 Å². The molecule has 1 amide bonds. The maximum atomic E-state index is 13.8. The standard InChI is InChI=1S/C25H31ClN2O4/c1-15-21(16(2)27(4)22(15)25(31)32-5)23(29)17(3)28(18-11-7-6-8-12-18)24(30)19-13-9-10-14-20(19)26/h9-10,13-14,17-18H,6-8,11-12H2,1-5H3/t17-/m1/s1. The average molecular weight is 459 g/mol. The van der Waals surface area contributed by atoms with Crippen LogP contribution in [0.5, 0.6) is 0 Å². The first-order chi connectivity index (χ1) is 15.2. The number of aromatic nitrogens is 1. The van der Waals surface area contributed by atoms with Crippen LogP contribution in [-0.4, -0.2) is 46.3 Å². The van der Waals surface area contributed by atoms with Gasteiger partial charge in [0.15, 0.2) is 5.78 Å². The third-order valence-corrected chi connectivity index (χ3v) is 6.99. The highest BCUT2D eigenvalue weighted by atomic mass is 35.5. The molecule has 0 spiro atoms. The van der Waals surface area contributed by atoms with Crippen LogP contribution >= 0.6 is 11.6 Å². The molecule has 0 radical (unpaired) electrons. The van der Waals surface area contributed by atoms with E-state index < -0.39 is 12.0 Å². The molecule has 1 saturated carbocycles. The minimum Gasteiger partial charge on any atom is -0.464 e. The van der Waals surface area contributed by atoms with Gasteiger partial charge in [-0.15, -0.1) is 0 Å². The van der Waals surface area contributed by atoms with Crippen LogP contribution in [0.4, 0.5) is 0 Å². The van der Waals surface area contributed by atoms with E-state index in [-0.39, 0.29) is 17.7 Å². The number of hydrogen-bond acceptors (Lipinski definition) is 4. The van der Waals surface area contributed by atoms with Gasteiger partial charge in [0, 0.05) is 24.3 Å². The monoisotopic (exact) mass is 458 g/mol. The zero-order chi connectivity index (χ0) is 23.6. The van der Waals surface area contributed by atoms with Crippen LogP contribution in [0.2, 0.25) is 5.02 Å². The van der Waals surface area contributed by atoms with E-state index in [1.165, 1.54) is 7.11 Å². The van der Waals surface area contributed by atoms with Crippen molar-refractivity contribution in [3.05, 3.63) is 57.4 Å². The number of rotatable bonds is 6.